The summed E-state index contributed by atoms with van der Waals surface area (Å²) >= 11 is 0. The van der Waals surface area contributed by atoms with Crippen LogP contribution in [0, 0.1) is 0 Å². The first-order chi connectivity index (χ1) is 37.6. The minimum Gasteiger partial charge on any atom is -0.457 e. The molecule has 0 atom stereocenters. The van der Waals surface area contributed by atoms with E-state index >= 15 is 0 Å². The van der Waals surface area contributed by atoms with E-state index in [9.17, 15) is 0 Å². The number of pyridine rings is 1. The summed E-state index contributed by atoms with van der Waals surface area (Å²) in [5, 5.41) is 2.34. The van der Waals surface area contributed by atoms with Crippen LogP contribution in [0.1, 0.15) is 153 Å². The monoisotopic (exact) mass is 1040 g/mol. The molecule has 0 fully saturated rings. The van der Waals surface area contributed by atoms with Gasteiger partial charge in [-0.3, -0.25) is 4.57 Å². The van der Waals surface area contributed by atoms with Crippen molar-refractivity contribution >= 4 is 44.6 Å². The van der Waals surface area contributed by atoms with Crippen molar-refractivity contribution in [2.24, 2.45) is 0 Å². The summed E-state index contributed by atoms with van der Waals surface area (Å²) in [5.41, 5.74) is 19.0. The second kappa shape index (κ2) is 20.1. The van der Waals surface area contributed by atoms with Crippen molar-refractivity contribution in [3.8, 4) is 28.4 Å². The van der Waals surface area contributed by atoms with Crippen molar-refractivity contribution in [3.63, 3.8) is 0 Å². The lowest BCUT2D eigenvalue weighted by atomic mass is 9.78. The molecule has 0 bridgehead atoms. The third-order valence-electron chi connectivity index (χ3n) is 17.0. The maximum atomic E-state index is 7.19. The molecule has 79 heavy (non-hydrogen) atoms. The fourth-order valence-corrected chi connectivity index (χ4v) is 11.9. The Bertz CT molecular complexity index is 3860. The van der Waals surface area contributed by atoms with Crippen molar-refractivity contribution in [1.29, 1.82) is 0 Å². The molecule has 10 aromatic rings. The van der Waals surface area contributed by atoms with Gasteiger partial charge in [0.05, 0.1) is 22.4 Å². The summed E-state index contributed by atoms with van der Waals surface area (Å²) in [5.74, 6) is 3.19. The predicted octanol–water partition coefficient (Wildman–Crippen LogP) is 20.4. The second-order valence-corrected chi connectivity index (χ2v) is 25.8. The first-order valence-corrected chi connectivity index (χ1v) is 28.5. The molecule has 0 radical (unpaired) electrons. The van der Waals surface area contributed by atoms with Gasteiger partial charge >= 0.3 is 0 Å². The van der Waals surface area contributed by atoms with E-state index in [1.54, 1.807) is 0 Å². The van der Waals surface area contributed by atoms with Crippen LogP contribution in [0.25, 0.3) is 38.8 Å². The average molecular weight is 1040 g/mol. The van der Waals surface area contributed by atoms with Crippen LogP contribution < -0.4 is 14.5 Å². The Morgan fingerprint density at radius 1 is 0.418 bits per heavy atom. The minimum atomic E-state index is -0.206. The van der Waals surface area contributed by atoms with Crippen molar-refractivity contribution in [1.82, 2.24) is 9.55 Å². The number of rotatable bonds is 12. The average Bonchev–Trinajstić information content (AvgIpc) is 4.13. The Kier molecular flexibility index (Phi) is 13.5. The molecule has 3 heterocycles. The largest absolute Gasteiger partial charge is 0.457 e. The quantitative estimate of drug-likeness (QED) is 0.122. The summed E-state index contributed by atoms with van der Waals surface area (Å²) in [4.78, 5) is 10.1. The number of hydrogen-bond acceptors (Lipinski definition) is 4. The number of ether oxygens (including phenoxy) is 1. The molecular formula is C74H78N4O. The number of hydrogen-bond donors (Lipinski definition) is 0. The SMILES string of the molecule is CC(C)c1cccc(C(C)C)c1-c1ccc2c(c1)N(c1cccc(C(C)(C)c3ccccc3)c1)CN2c1cc(Oc2ccc3c4cc(C(C)(C)c5ccccc5)ccc4n(-c4cc(C(C)(C)C)ccn4)c3c2)cc(C(C)(C)C)c1. The van der Waals surface area contributed by atoms with Gasteiger partial charge in [0.25, 0.3) is 0 Å². The maximum absolute atomic E-state index is 7.19. The lowest BCUT2D eigenvalue weighted by Gasteiger charge is -2.29. The van der Waals surface area contributed by atoms with E-state index in [0.29, 0.717) is 18.5 Å². The Morgan fingerprint density at radius 2 is 1.01 bits per heavy atom. The highest BCUT2D eigenvalue weighted by Crippen LogP contribution is 2.50. The molecule has 5 nitrogen and oxygen atoms in total. The molecule has 8 aromatic carbocycles. The lowest BCUT2D eigenvalue weighted by molar-refractivity contribution is 0.479. The Balaban J connectivity index is 1.05. The third kappa shape index (κ3) is 9.92. The smallest absolute Gasteiger partial charge is 0.137 e. The molecule has 0 saturated heterocycles. The van der Waals surface area contributed by atoms with Gasteiger partial charge < -0.3 is 14.5 Å². The van der Waals surface area contributed by atoms with Crippen molar-refractivity contribution in [3.05, 3.63) is 239 Å². The van der Waals surface area contributed by atoms with E-state index in [4.69, 9.17) is 9.72 Å². The first kappa shape index (κ1) is 53.1. The van der Waals surface area contributed by atoms with E-state index in [-0.39, 0.29) is 21.7 Å². The fourth-order valence-electron chi connectivity index (χ4n) is 11.9. The Hall–Kier alpha value is -7.89. The van der Waals surface area contributed by atoms with E-state index in [2.05, 4.69) is 299 Å². The van der Waals surface area contributed by atoms with Crippen LogP contribution in [0.15, 0.2) is 194 Å². The minimum absolute atomic E-state index is 0.0532. The van der Waals surface area contributed by atoms with Gasteiger partial charge in [-0.1, -0.05) is 200 Å². The predicted molar refractivity (Wildman–Crippen MR) is 335 cm³/mol. The van der Waals surface area contributed by atoms with Gasteiger partial charge in [-0.05, 0) is 151 Å². The number of benzene rings is 8. The highest BCUT2D eigenvalue weighted by molar-refractivity contribution is 6.10. The zero-order valence-corrected chi connectivity index (χ0v) is 49.0. The lowest BCUT2D eigenvalue weighted by Crippen LogP contribution is -2.25. The van der Waals surface area contributed by atoms with Gasteiger partial charge in [-0.25, -0.2) is 4.98 Å². The summed E-state index contributed by atoms with van der Waals surface area (Å²) in [7, 11) is 0. The van der Waals surface area contributed by atoms with E-state index < -0.39 is 0 Å². The number of fused-ring (bicyclic) bond motifs is 4. The molecule has 5 heteroatoms. The highest BCUT2D eigenvalue weighted by atomic mass is 16.5. The van der Waals surface area contributed by atoms with Gasteiger partial charge in [0, 0.05) is 51.3 Å². The normalized spacial score (nSPS) is 13.3. The van der Waals surface area contributed by atoms with Crippen LogP contribution in [-0.4, -0.2) is 16.2 Å². The highest BCUT2D eigenvalue weighted by Gasteiger charge is 2.33. The van der Waals surface area contributed by atoms with Gasteiger partial charge in [-0.2, -0.15) is 0 Å². The van der Waals surface area contributed by atoms with Crippen molar-refractivity contribution in [2.45, 2.75) is 130 Å². The van der Waals surface area contributed by atoms with Crippen LogP contribution in [0.5, 0.6) is 11.5 Å². The first-order valence-electron chi connectivity index (χ1n) is 28.5. The molecule has 400 valence electrons. The van der Waals surface area contributed by atoms with Gasteiger partial charge in [-0.15, -0.1) is 0 Å². The summed E-state index contributed by atoms with van der Waals surface area (Å²) in [6, 6.07) is 69.8. The second-order valence-electron chi connectivity index (χ2n) is 25.8. The summed E-state index contributed by atoms with van der Waals surface area (Å²) in [6.45, 7) is 32.9. The van der Waals surface area contributed by atoms with E-state index in [1.807, 2.05) is 6.20 Å². The molecule has 1 aliphatic heterocycles. The van der Waals surface area contributed by atoms with Gasteiger partial charge in [0.1, 0.15) is 24.0 Å². The summed E-state index contributed by atoms with van der Waals surface area (Å²) in [6.07, 6.45) is 1.95. The van der Waals surface area contributed by atoms with E-state index in [1.165, 1.54) is 66.7 Å². The van der Waals surface area contributed by atoms with Crippen LogP contribution in [0.2, 0.25) is 0 Å². The van der Waals surface area contributed by atoms with E-state index in [0.717, 1.165) is 50.8 Å². The molecule has 0 aliphatic carbocycles. The maximum Gasteiger partial charge on any atom is 0.137 e. The zero-order chi connectivity index (χ0) is 55.8. The van der Waals surface area contributed by atoms with Crippen LogP contribution in [-0.2, 0) is 21.7 Å². The molecule has 0 amide bonds. The van der Waals surface area contributed by atoms with Crippen LogP contribution in [0.3, 0.4) is 0 Å². The van der Waals surface area contributed by atoms with Crippen LogP contribution in [0.4, 0.5) is 22.7 Å². The molecule has 1 aliphatic rings. The molecule has 0 saturated carbocycles. The molecule has 0 unspecified atom stereocenters. The zero-order valence-electron chi connectivity index (χ0n) is 49.0. The molecule has 2 aromatic heterocycles. The fraction of sp³-hybridized carbons (Fsp3) is 0.284. The number of aromatic nitrogens is 2. The third-order valence-corrected chi connectivity index (χ3v) is 17.0. The molecule has 11 rings (SSSR count). The van der Waals surface area contributed by atoms with Gasteiger partial charge in [0.15, 0.2) is 0 Å². The molecule has 0 N–H and O–H groups in total. The van der Waals surface area contributed by atoms with Gasteiger partial charge in [0.2, 0.25) is 0 Å². The van der Waals surface area contributed by atoms with Crippen molar-refractivity contribution in [2.75, 3.05) is 16.5 Å². The van der Waals surface area contributed by atoms with Crippen LogP contribution >= 0.6 is 0 Å². The summed E-state index contributed by atoms with van der Waals surface area (Å²) < 4.78 is 9.52. The molecular weight excluding hydrogens is 961 g/mol. The number of anilines is 4. The Morgan fingerprint density at radius 3 is 1.65 bits per heavy atom. The topological polar surface area (TPSA) is 33.5 Å². The molecule has 0 spiro atoms. The Labute approximate surface area is 470 Å². The number of nitrogens with zero attached hydrogens (tertiary/aromatic N) is 4. The van der Waals surface area contributed by atoms with Crippen molar-refractivity contribution < 1.29 is 4.74 Å². The standard InChI is InChI=1S/C74H78N4O/c1-48(2)61-29-22-30-62(49(3)4)70(61)50-31-35-66-68(39-50)76(57-28-21-27-54(40-57)73(11,12)51-23-17-15-18-24-51)47-77(66)58-41-56(72(8,9)10)42-60(45-58)79-59-33-34-63-64-43-55(74(13,14)52-25-19-16-20-26-52)32-36-65(64)78(67(63)46-59)69-44-53(37-38-75-69)71(5,6)7/h15-46,48-49H,47H2,1-14H3.